The number of rotatable bonds is 8. The number of aromatic hydroxyl groups is 2. The number of ether oxygens (including phenoxy) is 2. The summed E-state index contributed by atoms with van der Waals surface area (Å²) in [5.41, 5.74) is 4.13. The van der Waals surface area contributed by atoms with E-state index >= 15 is 0 Å². The Bertz CT molecular complexity index is 1400. The molecule has 0 spiro atoms. The molecule has 2 heterocycles. The molecule has 2 unspecified atom stereocenters. The van der Waals surface area contributed by atoms with E-state index < -0.39 is 12.1 Å². The van der Waals surface area contributed by atoms with Crippen LogP contribution in [0.5, 0.6) is 11.5 Å². The van der Waals surface area contributed by atoms with E-state index in [1.165, 1.54) is 0 Å². The topological polar surface area (TPSA) is 132 Å². The number of hydrogen-bond donors (Lipinski definition) is 5. The van der Waals surface area contributed by atoms with Crippen LogP contribution in [-0.2, 0) is 19.1 Å². The van der Waals surface area contributed by atoms with Gasteiger partial charge in [-0.1, -0.05) is 45.0 Å². The molecule has 2 aromatic carbocycles. The molecule has 0 bridgehead atoms. The van der Waals surface area contributed by atoms with Crippen molar-refractivity contribution in [1.82, 2.24) is 20.9 Å². The zero-order chi connectivity index (χ0) is 32.6. The number of benzene rings is 2. The van der Waals surface area contributed by atoms with E-state index in [9.17, 15) is 19.8 Å². The van der Waals surface area contributed by atoms with Crippen molar-refractivity contribution in [1.29, 1.82) is 0 Å². The highest BCUT2D eigenvalue weighted by molar-refractivity contribution is 7.80. The van der Waals surface area contributed by atoms with Crippen LogP contribution in [0.3, 0.4) is 0 Å². The summed E-state index contributed by atoms with van der Waals surface area (Å²) >= 11 is 10.6. The van der Waals surface area contributed by atoms with Gasteiger partial charge in [0.25, 0.3) is 0 Å². The van der Waals surface area contributed by atoms with Crippen molar-refractivity contribution >= 4 is 46.6 Å². The first kappa shape index (κ1) is 34.3. The minimum absolute atomic E-state index is 0.0827. The van der Waals surface area contributed by atoms with Crippen molar-refractivity contribution in [2.45, 2.75) is 53.1 Å². The maximum Gasteiger partial charge on any atom is 0.338 e. The number of carbonyl (C=O) groups excluding carboxylic acids is 2. The van der Waals surface area contributed by atoms with Crippen LogP contribution in [0, 0.1) is 5.92 Å². The largest absolute Gasteiger partial charge is 0.508 e. The van der Waals surface area contributed by atoms with Gasteiger partial charge in [0.05, 0.1) is 36.4 Å². The molecule has 2 aliphatic heterocycles. The zero-order valence-electron chi connectivity index (χ0n) is 25.8. The molecule has 0 aromatic heterocycles. The summed E-state index contributed by atoms with van der Waals surface area (Å²) in [6, 6.07) is 12.7. The summed E-state index contributed by atoms with van der Waals surface area (Å²) in [5, 5.41) is 29.7. The first-order valence-electron chi connectivity index (χ1n) is 14.4. The predicted octanol–water partition coefficient (Wildman–Crippen LogP) is 4.86. The molecule has 0 saturated heterocycles. The van der Waals surface area contributed by atoms with Crippen LogP contribution < -0.4 is 16.0 Å². The van der Waals surface area contributed by atoms with Gasteiger partial charge in [-0.25, -0.2) is 9.59 Å². The molecule has 2 aromatic rings. The quantitative estimate of drug-likeness (QED) is 0.199. The van der Waals surface area contributed by atoms with Gasteiger partial charge in [0.1, 0.15) is 11.5 Å². The molecule has 0 amide bonds. The number of nitrogens with one attached hydrogen (secondary N) is 3. The van der Waals surface area contributed by atoms with Crippen molar-refractivity contribution < 1.29 is 29.3 Å². The van der Waals surface area contributed by atoms with Gasteiger partial charge >= 0.3 is 11.9 Å². The Balaban J connectivity index is 0.000000240. The molecule has 0 saturated carbocycles. The van der Waals surface area contributed by atoms with E-state index in [0.29, 0.717) is 41.0 Å². The molecular weight excluding hydrogens is 601 g/mol. The van der Waals surface area contributed by atoms with Crippen molar-refractivity contribution in [3.05, 3.63) is 82.2 Å². The van der Waals surface area contributed by atoms with Gasteiger partial charge in [0, 0.05) is 18.4 Å². The van der Waals surface area contributed by atoms with Gasteiger partial charge in [-0.05, 0) is 86.0 Å². The number of carbonyl (C=O) groups is 2. The number of thiocarbonyl (C=S) groups is 2. The zero-order valence-corrected chi connectivity index (χ0v) is 27.4. The third kappa shape index (κ3) is 8.06. The first-order valence-corrected chi connectivity index (χ1v) is 15.3. The van der Waals surface area contributed by atoms with Gasteiger partial charge in [-0.3, -0.25) is 0 Å². The van der Waals surface area contributed by atoms with Crippen LogP contribution in [0.1, 0.15) is 64.3 Å². The lowest BCUT2D eigenvalue weighted by Gasteiger charge is -2.36. The van der Waals surface area contributed by atoms with Crippen molar-refractivity contribution in [2.75, 3.05) is 20.3 Å². The second-order valence-corrected chi connectivity index (χ2v) is 11.1. The summed E-state index contributed by atoms with van der Waals surface area (Å²) in [6.07, 6.45) is 0.655. The lowest BCUT2D eigenvalue weighted by atomic mass is 9.91. The summed E-state index contributed by atoms with van der Waals surface area (Å²) in [6.45, 7) is 10.1. The molecule has 0 radical (unpaired) electrons. The van der Waals surface area contributed by atoms with E-state index in [2.05, 4.69) is 16.0 Å². The maximum absolute atomic E-state index is 12.4. The van der Waals surface area contributed by atoms with Gasteiger partial charge in [0.2, 0.25) is 0 Å². The molecule has 10 nitrogen and oxygen atoms in total. The summed E-state index contributed by atoms with van der Waals surface area (Å²) < 4.78 is 10.4. The van der Waals surface area contributed by atoms with Crippen LogP contribution in [0.15, 0.2) is 71.1 Å². The molecule has 5 N–H and O–H groups in total. The van der Waals surface area contributed by atoms with Crippen LogP contribution in [0.4, 0.5) is 0 Å². The van der Waals surface area contributed by atoms with E-state index in [1.54, 1.807) is 55.1 Å². The fraction of sp³-hybridized carbons (Fsp3) is 0.375. The third-order valence-corrected chi connectivity index (χ3v) is 7.60. The minimum Gasteiger partial charge on any atom is -0.508 e. The van der Waals surface area contributed by atoms with Gasteiger partial charge in [0.15, 0.2) is 10.2 Å². The normalized spacial score (nSPS) is 18.1. The highest BCUT2D eigenvalue weighted by atomic mass is 32.1. The fourth-order valence-corrected chi connectivity index (χ4v) is 5.48. The Morgan fingerprint density at radius 1 is 0.864 bits per heavy atom. The molecule has 0 aliphatic carbocycles. The van der Waals surface area contributed by atoms with Crippen molar-refractivity contribution in [2.24, 2.45) is 5.92 Å². The van der Waals surface area contributed by atoms with E-state index in [4.69, 9.17) is 33.9 Å². The Kier molecular flexibility index (Phi) is 12.1. The highest BCUT2D eigenvalue weighted by Gasteiger charge is 2.35. The molecule has 44 heavy (non-hydrogen) atoms. The van der Waals surface area contributed by atoms with Crippen molar-refractivity contribution in [3.8, 4) is 11.5 Å². The Morgan fingerprint density at radius 2 is 1.36 bits per heavy atom. The Labute approximate surface area is 269 Å². The van der Waals surface area contributed by atoms with E-state index in [-0.39, 0.29) is 29.4 Å². The van der Waals surface area contributed by atoms with Crippen LogP contribution in [0.2, 0.25) is 0 Å². The molecule has 2 aliphatic rings. The molecule has 2 atom stereocenters. The standard InChI is InChI=1S/2C16H20N2O3S/c1-4-21-15(20)12-13(9(2)3)17-16(22)18-14(12)10-6-5-7-11(19)8-10;1-4-12-13(15(20)21-5-2)14(17-16(22)18(12)3)10-7-6-8-11(19)9-10/h5-9,14,19H,4H2,1-3H3,(H2,17,18,22);6-9,14,19H,4-5H2,1-3H3,(H,17,22). The summed E-state index contributed by atoms with van der Waals surface area (Å²) in [7, 11) is 1.83. The van der Waals surface area contributed by atoms with Gasteiger partial charge in [-0.15, -0.1) is 0 Å². The average Bonchev–Trinajstić information content (AvgIpc) is 2.98. The minimum atomic E-state index is -0.447. The molecule has 12 heteroatoms. The first-order chi connectivity index (χ1) is 20.9. The number of hydrogen-bond acceptors (Lipinski definition) is 8. The molecular formula is C32H40N4O6S2. The van der Waals surface area contributed by atoms with Crippen LogP contribution in [-0.4, -0.2) is 57.5 Å². The molecule has 4 rings (SSSR count). The van der Waals surface area contributed by atoms with E-state index in [1.807, 2.05) is 40.0 Å². The summed E-state index contributed by atoms with van der Waals surface area (Å²) in [4.78, 5) is 26.7. The van der Waals surface area contributed by atoms with Gasteiger partial charge in [-0.2, -0.15) is 0 Å². The monoisotopic (exact) mass is 640 g/mol. The Morgan fingerprint density at radius 3 is 1.82 bits per heavy atom. The SMILES string of the molecule is CCOC(=O)C1=C(C(C)C)NC(=S)NC1c1cccc(O)c1.CCOC(=O)C1=C(CC)N(C)C(=S)NC1c1cccc(O)c1. The fourth-order valence-electron chi connectivity index (χ4n) is 5.02. The lowest BCUT2D eigenvalue weighted by Crippen LogP contribution is -2.46. The average molecular weight is 641 g/mol. The summed E-state index contributed by atoms with van der Waals surface area (Å²) in [5.74, 6) is -0.390. The molecule has 236 valence electrons. The number of phenols is 2. The number of phenolic OH excluding ortho intramolecular Hbond substituents is 2. The predicted molar refractivity (Wildman–Crippen MR) is 177 cm³/mol. The number of nitrogens with zero attached hydrogens (tertiary/aromatic N) is 1. The second kappa shape index (κ2) is 15.5. The Hall–Kier alpha value is -4.16. The second-order valence-electron chi connectivity index (χ2n) is 10.3. The van der Waals surface area contributed by atoms with E-state index in [0.717, 1.165) is 22.5 Å². The van der Waals surface area contributed by atoms with Crippen LogP contribution >= 0.6 is 24.4 Å². The number of esters is 2. The van der Waals surface area contributed by atoms with Gasteiger partial charge < -0.3 is 40.5 Å². The smallest absolute Gasteiger partial charge is 0.338 e. The maximum atomic E-state index is 12.4. The highest BCUT2D eigenvalue weighted by Crippen LogP contribution is 2.34. The third-order valence-electron chi connectivity index (χ3n) is 6.99. The van der Waals surface area contributed by atoms with Crippen molar-refractivity contribution in [3.63, 3.8) is 0 Å². The molecule has 0 fully saturated rings. The lowest BCUT2D eigenvalue weighted by molar-refractivity contribution is -0.140. The number of allylic oxidation sites excluding steroid dienone is 2. The van der Waals surface area contributed by atoms with Crippen LogP contribution in [0.25, 0.3) is 0 Å².